The molecule has 2 aromatic carbocycles. The van der Waals surface area contributed by atoms with E-state index in [9.17, 15) is 55.1 Å². The molecule has 0 saturated carbocycles. The number of ether oxygens (including phenoxy) is 2. The molecule has 21 heteroatoms. The van der Waals surface area contributed by atoms with Crippen molar-refractivity contribution in [1.82, 2.24) is 19.6 Å². The van der Waals surface area contributed by atoms with E-state index in [0.29, 0.717) is 11.1 Å². The molecule has 0 radical (unpaired) electrons. The molecule has 14 nitrogen and oxygen atoms in total. The first-order chi connectivity index (χ1) is 25.1. The number of nitrogens with zero attached hydrogens (tertiary/aromatic N) is 4. The number of hydrogen-bond acceptors (Lipinski definition) is 12. The summed E-state index contributed by atoms with van der Waals surface area (Å²) in [6.07, 6.45) is -9.38. The number of carbonyl (C=O) groups is 6. The molecule has 2 fully saturated rings. The average molecular weight is 809 g/mol. The van der Waals surface area contributed by atoms with Crippen LogP contribution in [0.25, 0.3) is 0 Å². The number of rotatable bonds is 13. The van der Waals surface area contributed by atoms with Gasteiger partial charge >= 0.3 is 24.3 Å². The topological polar surface area (TPSA) is 186 Å². The maximum atomic E-state index is 12.9. The lowest BCUT2D eigenvalue weighted by Crippen LogP contribution is -2.63. The Bertz CT molecular complexity index is 1570. The third-order valence-corrected chi connectivity index (χ3v) is 9.16. The highest BCUT2D eigenvalue weighted by molar-refractivity contribution is 6.00. The third-order valence-electron chi connectivity index (χ3n) is 9.16. The average Bonchev–Trinajstić information content (AvgIpc) is 3.09. The maximum Gasteiger partial charge on any atom is 0.416 e. The van der Waals surface area contributed by atoms with Crippen molar-refractivity contribution < 1.29 is 64.6 Å². The van der Waals surface area contributed by atoms with Gasteiger partial charge in [-0.3, -0.25) is 38.6 Å². The molecule has 2 aliphatic rings. The van der Waals surface area contributed by atoms with Gasteiger partial charge in [0.25, 0.3) is 0 Å². The molecule has 302 valence electrons. The molecule has 4 rings (SSSR count). The maximum absolute atomic E-state index is 12.9. The van der Waals surface area contributed by atoms with Crippen LogP contribution in [0.3, 0.4) is 0 Å². The van der Waals surface area contributed by atoms with Gasteiger partial charge in [-0.1, -0.05) is 24.3 Å². The Morgan fingerprint density at radius 1 is 0.600 bits per heavy atom. The minimum atomic E-state index is -4.53. The van der Waals surface area contributed by atoms with Crippen molar-refractivity contribution in [2.45, 2.75) is 63.2 Å². The van der Waals surface area contributed by atoms with E-state index in [2.05, 4.69) is 0 Å². The summed E-state index contributed by atoms with van der Waals surface area (Å²) in [4.78, 5) is 81.0. The molecule has 2 aliphatic heterocycles. The van der Waals surface area contributed by atoms with Gasteiger partial charge in [0, 0.05) is 12.1 Å². The minimum absolute atomic E-state index is 0. The van der Waals surface area contributed by atoms with E-state index >= 15 is 0 Å². The second kappa shape index (κ2) is 18.3. The van der Waals surface area contributed by atoms with Crippen molar-refractivity contribution >= 4 is 48.0 Å². The summed E-state index contributed by atoms with van der Waals surface area (Å²) in [6.45, 7) is 0.779. The number of hydrogen-bond donors (Lipinski definition) is 2. The molecular formula is C34H39ClF6N6O8. The highest BCUT2D eigenvalue weighted by atomic mass is 35.5. The molecular weight excluding hydrogens is 770 g/mol. The van der Waals surface area contributed by atoms with Crippen molar-refractivity contribution in [3.05, 3.63) is 70.8 Å². The summed E-state index contributed by atoms with van der Waals surface area (Å²) >= 11 is 0. The molecule has 55 heavy (non-hydrogen) atoms. The lowest BCUT2D eigenvalue weighted by atomic mass is 10.0. The largest absolute Gasteiger partial charge is 0.443 e. The Kier molecular flexibility index (Phi) is 14.9. The number of esters is 2. The zero-order valence-electron chi connectivity index (χ0n) is 29.5. The zero-order chi connectivity index (χ0) is 40.1. The van der Waals surface area contributed by atoms with Crippen molar-refractivity contribution in [1.29, 1.82) is 0 Å². The van der Waals surface area contributed by atoms with Crippen molar-refractivity contribution in [2.24, 2.45) is 11.5 Å². The van der Waals surface area contributed by atoms with Crippen LogP contribution in [-0.4, -0.2) is 119 Å². The second-order valence-corrected chi connectivity index (χ2v) is 12.9. The van der Waals surface area contributed by atoms with Crippen LogP contribution >= 0.6 is 12.4 Å². The number of halogens is 7. The van der Waals surface area contributed by atoms with E-state index in [4.69, 9.17) is 20.9 Å². The van der Waals surface area contributed by atoms with Gasteiger partial charge in [-0.2, -0.15) is 26.3 Å². The van der Waals surface area contributed by atoms with Crippen LogP contribution in [0.1, 0.15) is 36.1 Å². The Hall–Kier alpha value is -4.63. The Morgan fingerprint density at radius 3 is 1.13 bits per heavy atom. The van der Waals surface area contributed by atoms with Crippen molar-refractivity contribution in [2.75, 3.05) is 39.6 Å². The van der Waals surface area contributed by atoms with Gasteiger partial charge in [0.1, 0.15) is 12.1 Å². The second-order valence-electron chi connectivity index (χ2n) is 12.9. The summed E-state index contributed by atoms with van der Waals surface area (Å²) in [5.74, 6) is -4.78. The summed E-state index contributed by atoms with van der Waals surface area (Å²) in [5, 5.41) is 0. The third kappa shape index (κ3) is 11.7. The zero-order valence-corrected chi connectivity index (χ0v) is 30.3. The number of imide groups is 2. The van der Waals surface area contributed by atoms with Crippen molar-refractivity contribution in [3.8, 4) is 0 Å². The van der Waals surface area contributed by atoms with Crippen LogP contribution < -0.4 is 11.5 Å². The molecule has 4 atom stereocenters. The lowest BCUT2D eigenvalue weighted by Gasteiger charge is -2.43. The van der Waals surface area contributed by atoms with E-state index in [-0.39, 0.29) is 51.4 Å². The minimum Gasteiger partial charge on any atom is -0.443 e. The fraction of sp³-hybridized carbons (Fsp3) is 0.471. The van der Waals surface area contributed by atoms with Crippen LogP contribution in [0.15, 0.2) is 48.5 Å². The number of piperazine rings is 2. The smallest absolute Gasteiger partial charge is 0.416 e. The van der Waals surface area contributed by atoms with Gasteiger partial charge in [0.15, 0.2) is 13.5 Å². The Morgan fingerprint density at radius 2 is 0.873 bits per heavy atom. The summed E-state index contributed by atoms with van der Waals surface area (Å²) in [5.41, 5.74) is 10.6. The number of amides is 4. The summed E-state index contributed by atoms with van der Waals surface area (Å²) in [6, 6.07) is 4.41. The van der Waals surface area contributed by atoms with Crippen LogP contribution in [0, 0.1) is 0 Å². The fourth-order valence-corrected chi connectivity index (χ4v) is 5.71. The first kappa shape index (κ1) is 44.8. The molecule has 2 aromatic rings. The predicted octanol–water partition coefficient (Wildman–Crippen LogP) is 1.71. The Labute approximate surface area is 317 Å². The van der Waals surface area contributed by atoms with Crippen LogP contribution in [-0.2, 0) is 63.4 Å². The highest BCUT2D eigenvalue weighted by Gasteiger charge is 2.40. The highest BCUT2D eigenvalue weighted by Crippen LogP contribution is 2.30. The standard InChI is InChI=1S/C34H38F6N6O8.ClH/c1-19(43-13-27(47)45(28(48)14-43)17-53-31(51)25(41)11-21-3-7-23(8-4-21)33(35,36)37)20(2)44-15-29(49)46(30(50)16-44)18-54-32(52)26(42)12-22-5-9-24(10-6-22)34(38,39)40;/h3-10,19-20,25-26H,11-18,41-42H2,1-2H3;1H/t19-,20+,25-,26-;/m0./s1. The van der Waals surface area contributed by atoms with E-state index in [1.165, 1.54) is 34.1 Å². The molecule has 0 aliphatic carbocycles. The molecule has 2 heterocycles. The monoisotopic (exact) mass is 808 g/mol. The van der Waals surface area contributed by atoms with Crippen molar-refractivity contribution in [3.63, 3.8) is 0 Å². The van der Waals surface area contributed by atoms with Gasteiger partial charge in [-0.15, -0.1) is 12.4 Å². The van der Waals surface area contributed by atoms with Gasteiger partial charge in [-0.25, -0.2) is 9.80 Å². The predicted molar refractivity (Wildman–Crippen MR) is 181 cm³/mol. The fourth-order valence-electron chi connectivity index (χ4n) is 5.71. The molecule has 4 amide bonds. The van der Waals surface area contributed by atoms with Crippen LogP contribution in [0.2, 0.25) is 0 Å². The lowest BCUT2D eigenvalue weighted by molar-refractivity contribution is -0.169. The molecule has 2 saturated heterocycles. The first-order valence-electron chi connectivity index (χ1n) is 16.5. The quantitative estimate of drug-likeness (QED) is 0.170. The number of alkyl halides is 6. The normalized spacial score (nSPS) is 18.4. The van der Waals surface area contributed by atoms with Gasteiger partial charge < -0.3 is 20.9 Å². The summed E-state index contributed by atoms with van der Waals surface area (Å²) in [7, 11) is 0. The number of benzene rings is 2. The van der Waals surface area contributed by atoms with E-state index in [1.807, 2.05) is 0 Å². The summed E-state index contributed by atoms with van der Waals surface area (Å²) < 4.78 is 86.9. The molecule has 0 aromatic heterocycles. The van der Waals surface area contributed by atoms with Gasteiger partial charge in [-0.05, 0) is 62.1 Å². The number of nitrogens with two attached hydrogens (primary N) is 2. The SMILES string of the molecule is C[C@H]([C@H](C)N1CC(=O)N(COC(=O)[C@@H](N)Cc2ccc(C(F)(F)F)cc2)C(=O)C1)N1CC(=O)N(COC(=O)[C@@H](N)Cc2ccc(C(F)(F)F)cc2)C(=O)C1.Cl. The van der Waals surface area contributed by atoms with Crippen LogP contribution in [0.5, 0.6) is 0 Å². The molecule has 0 unspecified atom stereocenters. The van der Waals surface area contributed by atoms with Gasteiger partial charge in [0.2, 0.25) is 23.6 Å². The molecule has 0 bridgehead atoms. The molecule has 4 N–H and O–H groups in total. The number of carbonyl (C=O) groups excluding carboxylic acids is 6. The van der Waals surface area contributed by atoms with E-state index < -0.39 is 96.7 Å². The van der Waals surface area contributed by atoms with Crippen LogP contribution in [0.4, 0.5) is 26.3 Å². The first-order valence-corrected chi connectivity index (χ1v) is 16.5. The molecule has 0 spiro atoms. The van der Waals surface area contributed by atoms with E-state index in [0.717, 1.165) is 34.1 Å². The van der Waals surface area contributed by atoms with E-state index in [1.54, 1.807) is 13.8 Å². The Balaban J connectivity index is 0.00000812. The van der Waals surface area contributed by atoms with Gasteiger partial charge in [0.05, 0.1) is 37.3 Å².